The molecule has 2 atom stereocenters. The molecule has 0 bridgehead atoms. The first kappa shape index (κ1) is 21.7. The first-order chi connectivity index (χ1) is 13.0. The van der Waals surface area contributed by atoms with Crippen molar-refractivity contribution in [2.75, 3.05) is 19.7 Å². The Balaban J connectivity index is 1.79. The van der Waals surface area contributed by atoms with Crippen LogP contribution in [0.5, 0.6) is 5.88 Å². The van der Waals surface area contributed by atoms with E-state index in [0.29, 0.717) is 37.8 Å². The van der Waals surface area contributed by atoms with E-state index in [1.807, 2.05) is 13.8 Å². The summed E-state index contributed by atoms with van der Waals surface area (Å²) in [6.07, 6.45) is 8.86. The minimum atomic E-state index is -0.419. The van der Waals surface area contributed by atoms with Crippen molar-refractivity contribution in [3.8, 4) is 5.88 Å². The van der Waals surface area contributed by atoms with Crippen LogP contribution in [0.4, 0.5) is 0 Å². The number of carbonyl (C=O) groups excluding carboxylic acids is 1. The number of carbonyl (C=O) groups is 1. The molecule has 2 unspecified atom stereocenters. The van der Waals surface area contributed by atoms with E-state index in [9.17, 15) is 9.90 Å². The summed E-state index contributed by atoms with van der Waals surface area (Å²) in [4.78, 5) is 14.6. The Morgan fingerprint density at radius 2 is 2.00 bits per heavy atom. The molecule has 0 radical (unpaired) electrons. The van der Waals surface area contributed by atoms with Gasteiger partial charge in [0.05, 0.1) is 12.7 Å². The van der Waals surface area contributed by atoms with Gasteiger partial charge in [0.2, 0.25) is 5.91 Å². The van der Waals surface area contributed by atoms with Crippen LogP contribution in [0.3, 0.4) is 0 Å². The first-order valence-corrected chi connectivity index (χ1v) is 10.6. The fourth-order valence-corrected chi connectivity index (χ4v) is 3.60. The number of nitrogens with zero attached hydrogens (tertiary/aromatic N) is 2. The molecule has 27 heavy (non-hydrogen) atoms. The van der Waals surface area contributed by atoms with Gasteiger partial charge in [0.1, 0.15) is 5.92 Å². The van der Waals surface area contributed by atoms with Crippen LogP contribution in [0.2, 0.25) is 0 Å². The Kier molecular flexibility index (Phi) is 9.11. The molecule has 1 aromatic heterocycles. The number of hydrogen-bond acceptors (Lipinski definition) is 5. The number of β-amino-alcohol motifs (C(OH)–C–C–N with tert-alkyl or cyclic N) is 1. The van der Waals surface area contributed by atoms with Crippen molar-refractivity contribution in [1.29, 1.82) is 0 Å². The van der Waals surface area contributed by atoms with E-state index in [-0.39, 0.29) is 11.8 Å². The van der Waals surface area contributed by atoms with E-state index >= 15 is 0 Å². The highest BCUT2D eigenvalue weighted by molar-refractivity contribution is 5.83. The van der Waals surface area contributed by atoms with Crippen LogP contribution < -0.4 is 4.74 Å². The normalized spacial score (nSPS) is 18.3. The van der Waals surface area contributed by atoms with E-state index in [0.717, 1.165) is 6.42 Å². The monoisotopic (exact) mass is 380 g/mol. The molecule has 6 nitrogen and oxygen atoms in total. The molecule has 154 valence electrons. The number of aromatic nitrogens is 1. The van der Waals surface area contributed by atoms with Gasteiger partial charge in [-0.1, -0.05) is 59.3 Å². The number of aliphatic hydroxyl groups is 1. The van der Waals surface area contributed by atoms with Gasteiger partial charge in [0.15, 0.2) is 5.76 Å². The van der Waals surface area contributed by atoms with Crippen LogP contribution in [0.1, 0.15) is 83.8 Å². The number of unbranched alkanes of at least 4 members (excludes halogenated alkanes) is 6. The molecule has 1 saturated heterocycles. The van der Waals surface area contributed by atoms with Gasteiger partial charge in [0.25, 0.3) is 5.88 Å². The highest BCUT2D eigenvalue weighted by Crippen LogP contribution is 2.30. The molecule has 1 N–H and O–H groups in total. The fourth-order valence-electron chi connectivity index (χ4n) is 3.60. The zero-order chi connectivity index (χ0) is 19.6. The Hall–Kier alpha value is -1.56. The van der Waals surface area contributed by atoms with Crippen molar-refractivity contribution in [1.82, 2.24) is 10.1 Å². The summed E-state index contributed by atoms with van der Waals surface area (Å²) in [5, 5.41) is 13.7. The maximum Gasteiger partial charge on any atom is 0.254 e. The van der Waals surface area contributed by atoms with Crippen LogP contribution in [0, 0.1) is 5.92 Å². The SMILES string of the molecule is CCCCCCCCCOc1cc(C(C(=O)N2CCC(O)C2)C(C)C)on1. The molecule has 0 aromatic carbocycles. The van der Waals surface area contributed by atoms with Gasteiger partial charge in [-0.15, -0.1) is 0 Å². The molecule has 0 aliphatic carbocycles. The average Bonchev–Trinajstić information content (AvgIpc) is 3.26. The summed E-state index contributed by atoms with van der Waals surface area (Å²) in [5.41, 5.74) is 0. The number of ether oxygens (including phenoxy) is 1. The summed E-state index contributed by atoms with van der Waals surface area (Å²) in [5.74, 6) is 0.691. The second-order valence-electron chi connectivity index (χ2n) is 7.99. The lowest BCUT2D eigenvalue weighted by Crippen LogP contribution is -2.35. The topological polar surface area (TPSA) is 75.8 Å². The molecule has 1 fully saturated rings. The van der Waals surface area contributed by atoms with Crippen LogP contribution >= 0.6 is 0 Å². The molecule has 2 rings (SSSR count). The van der Waals surface area contributed by atoms with Gasteiger partial charge in [-0.05, 0) is 23.9 Å². The van der Waals surface area contributed by atoms with E-state index in [1.165, 1.54) is 38.5 Å². The standard InChI is InChI=1S/C21H36N2O4/c1-4-5-6-7-8-9-10-13-26-19-14-18(27-22-19)20(16(2)3)21(25)23-12-11-17(24)15-23/h14,16-17,20,24H,4-13,15H2,1-3H3. The third-order valence-corrected chi connectivity index (χ3v) is 5.22. The molecule has 1 amide bonds. The Bertz CT molecular complexity index is 558. The number of aliphatic hydroxyl groups excluding tert-OH is 1. The van der Waals surface area contributed by atoms with Gasteiger partial charge in [-0.3, -0.25) is 4.79 Å². The molecule has 2 heterocycles. The number of likely N-dealkylation sites (tertiary alicyclic amines) is 1. The van der Waals surface area contributed by atoms with Crippen molar-refractivity contribution in [3.63, 3.8) is 0 Å². The molecular weight excluding hydrogens is 344 g/mol. The summed E-state index contributed by atoms with van der Waals surface area (Å²) < 4.78 is 11.1. The minimum absolute atomic E-state index is 0.00340. The van der Waals surface area contributed by atoms with Gasteiger partial charge in [0, 0.05) is 19.2 Å². The highest BCUT2D eigenvalue weighted by atomic mass is 16.5. The molecular formula is C21H36N2O4. The van der Waals surface area contributed by atoms with E-state index in [1.54, 1.807) is 11.0 Å². The Morgan fingerprint density at radius 3 is 2.63 bits per heavy atom. The average molecular weight is 381 g/mol. The number of amides is 1. The predicted molar refractivity (Wildman–Crippen MR) is 105 cm³/mol. The maximum absolute atomic E-state index is 12.8. The van der Waals surface area contributed by atoms with Crippen molar-refractivity contribution in [3.05, 3.63) is 11.8 Å². The quantitative estimate of drug-likeness (QED) is 0.552. The summed E-state index contributed by atoms with van der Waals surface area (Å²) in [6, 6.07) is 1.75. The molecule has 6 heteroatoms. The number of rotatable bonds is 12. The van der Waals surface area contributed by atoms with Crippen molar-refractivity contribution in [2.45, 2.75) is 84.2 Å². The lowest BCUT2D eigenvalue weighted by molar-refractivity contribution is -0.133. The molecule has 0 spiro atoms. The zero-order valence-electron chi connectivity index (χ0n) is 17.2. The predicted octanol–water partition coefficient (Wildman–Crippen LogP) is 4.14. The number of hydrogen-bond donors (Lipinski definition) is 1. The summed E-state index contributed by atoms with van der Waals surface area (Å²) in [7, 11) is 0. The summed E-state index contributed by atoms with van der Waals surface area (Å²) in [6.45, 7) is 7.84. The van der Waals surface area contributed by atoms with Crippen molar-refractivity contribution >= 4 is 5.91 Å². The van der Waals surface area contributed by atoms with E-state index < -0.39 is 12.0 Å². The van der Waals surface area contributed by atoms with Crippen LogP contribution in [0.15, 0.2) is 10.6 Å². The van der Waals surface area contributed by atoms with Crippen LogP contribution in [0.25, 0.3) is 0 Å². The highest BCUT2D eigenvalue weighted by Gasteiger charge is 2.35. The summed E-state index contributed by atoms with van der Waals surface area (Å²) >= 11 is 0. The first-order valence-electron chi connectivity index (χ1n) is 10.6. The van der Waals surface area contributed by atoms with Gasteiger partial charge in [-0.25, -0.2) is 0 Å². The Labute approximate surface area is 163 Å². The van der Waals surface area contributed by atoms with Crippen LogP contribution in [-0.4, -0.2) is 46.9 Å². The lowest BCUT2D eigenvalue weighted by atomic mass is 9.92. The van der Waals surface area contributed by atoms with E-state index in [4.69, 9.17) is 9.26 Å². The van der Waals surface area contributed by atoms with Gasteiger partial charge in [-0.2, -0.15) is 0 Å². The molecule has 0 saturated carbocycles. The van der Waals surface area contributed by atoms with Crippen LogP contribution in [-0.2, 0) is 4.79 Å². The fraction of sp³-hybridized carbons (Fsp3) is 0.810. The third kappa shape index (κ3) is 6.83. The maximum atomic E-state index is 12.8. The largest absolute Gasteiger partial charge is 0.476 e. The smallest absolute Gasteiger partial charge is 0.254 e. The Morgan fingerprint density at radius 1 is 1.30 bits per heavy atom. The minimum Gasteiger partial charge on any atom is -0.476 e. The third-order valence-electron chi connectivity index (χ3n) is 5.22. The van der Waals surface area contributed by atoms with Crippen molar-refractivity contribution in [2.24, 2.45) is 5.92 Å². The molecule has 1 aliphatic rings. The lowest BCUT2D eigenvalue weighted by Gasteiger charge is -2.23. The second-order valence-corrected chi connectivity index (χ2v) is 7.99. The van der Waals surface area contributed by atoms with Crippen molar-refractivity contribution < 1.29 is 19.2 Å². The van der Waals surface area contributed by atoms with Gasteiger partial charge >= 0.3 is 0 Å². The zero-order valence-corrected chi connectivity index (χ0v) is 17.2. The van der Waals surface area contributed by atoms with Gasteiger partial charge < -0.3 is 19.3 Å². The molecule has 1 aromatic rings. The second kappa shape index (κ2) is 11.3. The van der Waals surface area contributed by atoms with E-state index in [2.05, 4.69) is 12.1 Å². The molecule has 1 aliphatic heterocycles.